The minimum atomic E-state index is -0.589. The number of fused-ring (bicyclic) bond motifs is 1. The maximum Gasteiger partial charge on any atom is 0.268 e. The van der Waals surface area contributed by atoms with E-state index in [1.165, 1.54) is 0 Å². The Hall–Kier alpha value is -3.86. The van der Waals surface area contributed by atoms with Gasteiger partial charge in [0.2, 0.25) is 5.91 Å². The second-order valence-electron chi connectivity index (χ2n) is 7.81. The van der Waals surface area contributed by atoms with E-state index in [-0.39, 0.29) is 17.7 Å². The van der Waals surface area contributed by atoms with Crippen LogP contribution in [-0.2, 0) is 9.59 Å². The van der Waals surface area contributed by atoms with Crippen molar-refractivity contribution in [1.29, 1.82) is 0 Å². The third-order valence-corrected chi connectivity index (χ3v) is 5.56. The van der Waals surface area contributed by atoms with Crippen molar-refractivity contribution in [2.45, 2.75) is 25.4 Å². The number of carbonyl (C=O) groups excluding carboxylic acids is 2. The molecule has 2 amide bonds. The van der Waals surface area contributed by atoms with Crippen LogP contribution in [0.15, 0.2) is 91.5 Å². The van der Waals surface area contributed by atoms with Gasteiger partial charge < -0.3 is 15.0 Å². The summed E-state index contributed by atoms with van der Waals surface area (Å²) >= 11 is 0. The van der Waals surface area contributed by atoms with Crippen molar-refractivity contribution < 1.29 is 14.3 Å². The molecule has 0 aromatic heterocycles. The number of hydrogen-bond acceptors (Lipinski definition) is 3. The molecule has 1 aliphatic heterocycles. The minimum absolute atomic E-state index is 0.0491. The van der Waals surface area contributed by atoms with Crippen LogP contribution in [0.2, 0.25) is 0 Å². The van der Waals surface area contributed by atoms with Gasteiger partial charge in [-0.1, -0.05) is 66.7 Å². The summed E-state index contributed by atoms with van der Waals surface area (Å²) < 4.78 is 5.79. The van der Waals surface area contributed by atoms with Gasteiger partial charge >= 0.3 is 0 Å². The first-order valence-electron chi connectivity index (χ1n) is 10.7. The van der Waals surface area contributed by atoms with Crippen LogP contribution < -0.4 is 15.0 Å². The van der Waals surface area contributed by atoms with E-state index in [1.807, 2.05) is 60.7 Å². The molecule has 1 unspecified atom stereocenters. The summed E-state index contributed by atoms with van der Waals surface area (Å²) in [6.45, 7) is 5.85. The fourth-order valence-corrected chi connectivity index (χ4v) is 4.00. The molecule has 5 heteroatoms. The van der Waals surface area contributed by atoms with E-state index in [2.05, 4.69) is 11.9 Å². The molecule has 1 heterocycles. The Kier molecular flexibility index (Phi) is 6.36. The highest BCUT2D eigenvalue weighted by molar-refractivity contribution is 6.01. The van der Waals surface area contributed by atoms with Gasteiger partial charge in [-0.2, -0.15) is 0 Å². The van der Waals surface area contributed by atoms with Crippen LogP contribution in [0, 0.1) is 0 Å². The smallest absolute Gasteiger partial charge is 0.268 e. The molecule has 1 atom stereocenters. The Labute approximate surface area is 188 Å². The second kappa shape index (κ2) is 9.52. The van der Waals surface area contributed by atoms with Gasteiger partial charge in [0.05, 0.1) is 5.69 Å². The number of carbonyl (C=O) groups is 2. The molecule has 0 aliphatic carbocycles. The largest absolute Gasteiger partial charge is 0.479 e. The number of anilines is 2. The minimum Gasteiger partial charge on any atom is -0.479 e. The molecule has 1 N–H and O–H groups in total. The van der Waals surface area contributed by atoms with Crippen molar-refractivity contribution in [3.63, 3.8) is 0 Å². The molecule has 5 nitrogen and oxygen atoms in total. The van der Waals surface area contributed by atoms with Crippen molar-refractivity contribution in [2.75, 3.05) is 16.8 Å². The van der Waals surface area contributed by atoms with Crippen LogP contribution in [0.5, 0.6) is 5.75 Å². The molecule has 0 bridgehead atoms. The molecule has 0 radical (unpaired) electrons. The monoisotopic (exact) mass is 426 g/mol. The van der Waals surface area contributed by atoms with Gasteiger partial charge in [-0.15, -0.1) is 6.58 Å². The van der Waals surface area contributed by atoms with Gasteiger partial charge in [-0.3, -0.25) is 9.59 Å². The topological polar surface area (TPSA) is 58.6 Å². The van der Waals surface area contributed by atoms with Crippen LogP contribution in [0.1, 0.15) is 30.4 Å². The Morgan fingerprint density at radius 1 is 1.06 bits per heavy atom. The number of nitrogens with one attached hydrogen (secondary N) is 1. The van der Waals surface area contributed by atoms with Crippen LogP contribution in [0.4, 0.5) is 11.4 Å². The quantitative estimate of drug-likeness (QED) is 0.532. The first kappa shape index (κ1) is 21.4. The summed E-state index contributed by atoms with van der Waals surface area (Å²) in [4.78, 5) is 27.0. The average Bonchev–Trinajstić information content (AvgIpc) is 2.81. The molecule has 0 saturated heterocycles. The SMILES string of the molecule is C=CCN1C(=O)C(C)Oc2cc(NC(=O)CC(c3ccccc3)c3ccccc3)ccc21. The predicted molar refractivity (Wildman–Crippen MR) is 127 cm³/mol. The van der Waals surface area contributed by atoms with Gasteiger partial charge in [0, 0.05) is 30.6 Å². The fourth-order valence-electron chi connectivity index (χ4n) is 4.00. The maximum absolute atomic E-state index is 13.0. The second-order valence-corrected chi connectivity index (χ2v) is 7.81. The van der Waals surface area contributed by atoms with Crippen LogP contribution in [-0.4, -0.2) is 24.5 Å². The molecule has 0 fully saturated rings. The summed E-state index contributed by atoms with van der Waals surface area (Å²) in [5.74, 6) is 0.319. The van der Waals surface area contributed by atoms with Gasteiger partial charge in [0.25, 0.3) is 5.91 Å². The van der Waals surface area contributed by atoms with E-state index >= 15 is 0 Å². The Morgan fingerprint density at radius 3 is 2.28 bits per heavy atom. The van der Waals surface area contributed by atoms with E-state index in [1.54, 1.807) is 36.1 Å². The molecule has 3 aromatic carbocycles. The molecule has 3 aromatic rings. The lowest BCUT2D eigenvalue weighted by Crippen LogP contribution is -2.44. The zero-order valence-electron chi connectivity index (χ0n) is 18.0. The van der Waals surface area contributed by atoms with Gasteiger partial charge in [0.15, 0.2) is 6.10 Å². The molecule has 162 valence electrons. The lowest BCUT2D eigenvalue weighted by molar-refractivity contribution is -0.125. The third-order valence-electron chi connectivity index (χ3n) is 5.56. The molecule has 4 rings (SSSR count). The standard InChI is InChI=1S/C27H26N2O3/c1-3-16-29-24-15-14-22(17-25(24)32-19(2)27(29)31)28-26(30)18-23(20-10-6-4-7-11-20)21-12-8-5-9-13-21/h3-15,17,19,23H,1,16,18H2,2H3,(H,28,30). The van der Waals surface area contributed by atoms with Crippen LogP contribution in [0.3, 0.4) is 0 Å². The van der Waals surface area contributed by atoms with Gasteiger partial charge in [0.1, 0.15) is 5.75 Å². The number of rotatable bonds is 7. The lowest BCUT2D eigenvalue weighted by Gasteiger charge is -2.32. The summed E-state index contributed by atoms with van der Waals surface area (Å²) in [6.07, 6.45) is 1.40. The maximum atomic E-state index is 13.0. The average molecular weight is 427 g/mol. The van der Waals surface area contributed by atoms with Gasteiger partial charge in [-0.25, -0.2) is 0 Å². The van der Waals surface area contributed by atoms with E-state index in [4.69, 9.17) is 4.74 Å². The van der Waals surface area contributed by atoms with Crippen LogP contribution >= 0.6 is 0 Å². The molecule has 0 spiro atoms. The molecule has 0 saturated carbocycles. The first-order chi connectivity index (χ1) is 15.6. The van der Waals surface area contributed by atoms with E-state index in [0.29, 0.717) is 30.1 Å². The highest BCUT2D eigenvalue weighted by Crippen LogP contribution is 2.36. The van der Waals surface area contributed by atoms with Crippen molar-refractivity contribution in [3.05, 3.63) is 103 Å². The fraction of sp³-hybridized carbons (Fsp3) is 0.185. The predicted octanol–water partition coefficient (Wildman–Crippen LogP) is 5.15. The van der Waals surface area contributed by atoms with E-state index in [0.717, 1.165) is 11.1 Å². The molecule has 1 aliphatic rings. The normalized spacial score (nSPS) is 15.1. The Balaban J connectivity index is 1.54. The number of nitrogens with zero attached hydrogens (tertiary/aromatic N) is 1. The highest BCUT2D eigenvalue weighted by atomic mass is 16.5. The van der Waals surface area contributed by atoms with Crippen molar-refractivity contribution in [2.24, 2.45) is 0 Å². The third kappa shape index (κ3) is 4.57. The number of benzene rings is 3. The van der Waals surface area contributed by atoms with Gasteiger partial charge in [-0.05, 0) is 30.2 Å². The zero-order valence-corrected chi connectivity index (χ0v) is 18.0. The van der Waals surface area contributed by atoms with Crippen molar-refractivity contribution in [3.8, 4) is 5.75 Å². The van der Waals surface area contributed by atoms with Crippen molar-refractivity contribution >= 4 is 23.2 Å². The number of ether oxygens (including phenoxy) is 1. The summed E-state index contributed by atoms with van der Waals surface area (Å²) in [5, 5.41) is 2.99. The Morgan fingerprint density at radius 2 is 1.69 bits per heavy atom. The highest BCUT2D eigenvalue weighted by Gasteiger charge is 2.31. The van der Waals surface area contributed by atoms with E-state index < -0.39 is 6.10 Å². The Bertz CT molecular complexity index is 1070. The summed E-state index contributed by atoms with van der Waals surface area (Å²) in [5.41, 5.74) is 3.50. The lowest BCUT2D eigenvalue weighted by atomic mass is 9.88. The summed E-state index contributed by atoms with van der Waals surface area (Å²) in [6, 6.07) is 25.4. The number of hydrogen-bond donors (Lipinski definition) is 1. The molecular formula is C27H26N2O3. The number of amides is 2. The zero-order chi connectivity index (χ0) is 22.5. The van der Waals surface area contributed by atoms with E-state index in [9.17, 15) is 9.59 Å². The first-order valence-corrected chi connectivity index (χ1v) is 10.7. The van der Waals surface area contributed by atoms with Crippen LogP contribution in [0.25, 0.3) is 0 Å². The molecular weight excluding hydrogens is 400 g/mol. The molecule has 32 heavy (non-hydrogen) atoms. The summed E-state index contributed by atoms with van der Waals surface area (Å²) in [7, 11) is 0. The van der Waals surface area contributed by atoms with Crippen molar-refractivity contribution in [1.82, 2.24) is 0 Å².